The first-order chi connectivity index (χ1) is 9.78. The predicted molar refractivity (Wildman–Crippen MR) is 81.2 cm³/mol. The van der Waals surface area contributed by atoms with Crippen molar-refractivity contribution in [1.82, 2.24) is 4.98 Å². The molecule has 1 aromatic heterocycles. The second-order valence-electron chi connectivity index (χ2n) is 4.06. The molecule has 0 spiro atoms. The Morgan fingerprint density at radius 1 is 1.30 bits per heavy atom. The number of nitrogens with one attached hydrogen (secondary N) is 1. The van der Waals surface area contributed by atoms with Crippen LogP contribution in [0.3, 0.4) is 0 Å². The van der Waals surface area contributed by atoms with Gasteiger partial charge in [0, 0.05) is 23.3 Å². The van der Waals surface area contributed by atoms with Crippen molar-refractivity contribution in [1.29, 1.82) is 0 Å². The number of ether oxygens (including phenoxy) is 1. The van der Waals surface area contributed by atoms with Crippen LogP contribution >= 0.6 is 11.8 Å². The third kappa shape index (κ3) is 4.59. The maximum absolute atomic E-state index is 11.7. The molecule has 1 aromatic carbocycles. The number of amides is 1. The molecule has 0 atom stereocenters. The molecule has 0 radical (unpaired) electrons. The first-order valence-electron chi connectivity index (χ1n) is 6.24. The summed E-state index contributed by atoms with van der Waals surface area (Å²) in [5.41, 5.74) is 0.729. The fourth-order valence-corrected chi connectivity index (χ4v) is 2.45. The molecule has 5 heteroatoms. The van der Waals surface area contributed by atoms with E-state index >= 15 is 0 Å². The van der Waals surface area contributed by atoms with E-state index in [1.54, 1.807) is 37.3 Å². The molecule has 0 aliphatic heterocycles. The molecule has 4 nitrogen and oxygen atoms in total. The number of hydrogen-bond donors (Lipinski definition) is 1. The normalized spacial score (nSPS) is 10.1. The molecule has 1 N–H and O–H groups in total. The quantitative estimate of drug-likeness (QED) is 0.829. The number of aromatic nitrogens is 1. The van der Waals surface area contributed by atoms with Crippen LogP contribution in [-0.2, 0) is 4.79 Å². The van der Waals surface area contributed by atoms with Crippen molar-refractivity contribution in [2.24, 2.45) is 0 Å². The lowest BCUT2D eigenvalue weighted by molar-refractivity contribution is -0.115. The first kappa shape index (κ1) is 14.4. The van der Waals surface area contributed by atoms with Crippen LogP contribution in [0.15, 0.2) is 53.7 Å². The number of nitrogens with zero attached hydrogens (tertiary/aromatic N) is 1. The van der Waals surface area contributed by atoms with Gasteiger partial charge >= 0.3 is 0 Å². The van der Waals surface area contributed by atoms with Gasteiger partial charge in [-0.05, 0) is 36.4 Å². The van der Waals surface area contributed by atoms with Gasteiger partial charge in [0.15, 0.2) is 0 Å². The largest absolute Gasteiger partial charge is 0.497 e. The molecule has 0 aliphatic carbocycles. The molecule has 104 valence electrons. The van der Waals surface area contributed by atoms with E-state index in [0.717, 1.165) is 22.1 Å². The van der Waals surface area contributed by atoms with Crippen LogP contribution in [0.5, 0.6) is 5.75 Å². The first-order valence-corrected chi connectivity index (χ1v) is 7.23. The monoisotopic (exact) mass is 288 g/mol. The van der Waals surface area contributed by atoms with Crippen molar-refractivity contribution in [3.05, 3.63) is 48.8 Å². The van der Waals surface area contributed by atoms with E-state index in [2.05, 4.69) is 10.3 Å². The van der Waals surface area contributed by atoms with Gasteiger partial charge < -0.3 is 10.1 Å². The number of methoxy groups -OCH3 is 1. The number of thioether (sulfide) groups is 1. The summed E-state index contributed by atoms with van der Waals surface area (Å²) in [4.78, 5) is 16.8. The second-order valence-corrected chi connectivity index (χ2v) is 5.23. The highest BCUT2D eigenvalue weighted by atomic mass is 32.2. The summed E-state index contributed by atoms with van der Waals surface area (Å²) in [5.74, 6) is 1.57. The summed E-state index contributed by atoms with van der Waals surface area (Å²) in [7, 11) is 1.64. The van der Waals surface area contributed by atoms with Crippen LogP contribution in [-0.4, -0.2) is 23.8 Å². The van der Waals surface area contributed by atoms with Gasteiger partial charge in [-0.1, -0.05) is 0 Å². The van der Waals surface area contributed by atoms with E-state index < -0.39 is 0 Å². The highest BCUT2D eigenvalue weighted by molar-refractivity contribution is 7.99. The molecule has 20 heavy (non-hydrogen) atoms. The van der Waals surface area contributed by atoms with Crippen LogP contribution in [0.2, 0.25) is 0 Å². The summed E-state index contributed by atoms with van der Waals surface area (Å²) in [6.07, 6.45) is 3.77. The van der Waals surface area contributed by atoms with Crippen molar-refractivity contribution >= 4 is 23.4 Å². The Morgan fingerprint density at radius 3 is 2.75 bits per heavy atom. The third-order valence-corrected chi connectivity index (χ3v) is 3.62. The summed E-state index contributed by atoms with van der Waals surface area (Å²) < 4.78 is 5.10. The van der Waals surface area contributed by atoms with Crippen LogP contribution < -0.4 is 10.1 Å². The van der Waals surface area contributed by atoms with Gasteiger partial charge in [0.2, 0.25) is 5.91 Å². The summed E-state index contributed by atoms with van der Waals surface area (Å²) in [5, 5.41) is 2.81. The van der Waals surface area contributed by atoms with E-state index in [1.807, 2.05) is 30.3 Å². The van der Waals surface area contributed by atoms with Crippen molar-refractivity contribution in [3.63, 3.8) is 0 Å². The average molecular weight is 288 g/mol. The Bertz CT molecular complexity index is 544. The lowest BCUT2D eigenvalue weighted by Crippen LogP contribution is -2.12. The lowest BCUT2D eigenvalue weighted by atomic mass is 10.3. The Kier molecular flexibility index (Phi) is 5.43. The molecule has 0 unspecified atom stereocenters. The van der Waals surface area contributed by atoms with Crippen LogP contribution in [0.25, 0.3) is 0 Å². The maximum atomic E-state index is 11.7. The molecule has 0 saturated carbocycles. The summed E-state index contributed by atoms with van der Waals surface area (Å²) in [6.45, 7) is 0. The number of carbonyl (C=O) groups is 1. The standard InChI is InChI=1S/C15H16N2O2S/c1-19-13-4-6-14(7-5-13)20-10-8-15(18)17-12-3-2-9-16-11-12/h2-7,9,11H,8,10H2,1H3,(H,17,18). The van der Waals surface area contributed by atoms with Crippen molar-refractivity contribution in [2.45, 2.75) is 11.3 Å². The molecule has 0 saturated heterocycles. The maximum Gasteiger partial charge on any atom is 0.225 e. The number of benzene rings is 1. The Hall–Kier alpha value is -2.01. The van der Waals surface area contributed by atoms with E-state index in [1.165, 1.54) is 0 Å². The van der Waals surface area contributed by atoms with Crippen LogP contribution in [0, 0.1) is 0 Å². The van der Waals surface area contributed by atoms with Crippen molar-refractivity contribution in [2.75, 3.05) is 18.2 Å². The minimum absolute atomic E-state index is 0.000915. The van der Waals surface area contributed by atoms with Gasteiger partial charge in [0.1, 0.15) is 5.75 Å². The fraction of sp³-hybridized carbons (Fsp3) is 0.200. The number of hydrogen-bond acceptors (Lipinski definition) is 4. The minimum atomic E-state index is -0.000915. The van der Waals surface area contributed by atoms with Crippen molar-refractivity contribution < 1.29 is 9.53 Å². The van der Waals surface area contributed by atoms with Gasteiger partial charge in [0.25, 0.3) is 0 Å². The molecule has 0 aliphatic rings. The number of anilines is 1. The smallest absolute Gasteiger partial charge is 0.225 e. The van der Waals surface area contributed by atoms with Gasteiger partial charge in [-0.3, -0.25) is 9.78 Å². The number of pyridine rings is 1. The molecule has 0 bridgehead atoms. The molecular formula is C15H16N2O2S. The van der Waals surface area contributed by atoms with Gasteiger partial charge in [0.05, 0.1) is 19.0 Å². The van der Waals surface area contributed by atoms with E-state index in [4.69, 9.17) is 4.74 Å². The van der Waals surface area contributed by atoms with E-state index in [0.29, 0.717) is 6.42 Å². The molecular weight excluding hydrogens is 272 g/mol. The predicted octanol–water partition coefficient (Wildman–Crippen LogP) is 3.21. The topological polar surface area (TPSA) is 51.2 Å². The summed E-state index contributed by atoms with van der Waals surface area (Å²) >= 11 is 1.65. The SMILES string of the molecule is COc1ccc(SCCC(=O)Nc2cccnc2)cc1. The number of carbonyl (C=O) groups excluding carboxylic acids is 1. The van der Waals surface area contributed by atoms with Crippen LogP contribution in [0.4, 0.5) is 5.69 Å². The minimum Gasteiger partial charge on any atom is -0.497 e. The van der Waals surface area contributed by atoms with E-state index in [9.17, 15) is 4.79 Å². The highest BCUT2D eigenvalue weighted by Crippen LogP contribution is 2.21. The fourth-order valence-electron chi connectivity index (χ4n) is 1.59. The lowest BCUT2D eigenvalue weighted by Gasteiger charge is -2.05. The summed E-state index contributed by atoms with van der Waals surface area (Å²) in [6, 6.07) is 11.4. The molecule has 0 fully saturated rings. The van der Waals surface area contributed by atoms with Crippen LogP contribution in [0.1, 0.15) is 6.42 Å². The molecule has 2 rings (SSSR count). The Labute approximate surface area is 122 Å². The Morgan fingerprint density at radius 2 is 2.10 bits per heavy atom. The highest BCUT2D eigenvalue weighted by Gasteiger charge is 2.03. The number of rotatable bonds is 6. The second kappa shape index (κ2) is 7.55. The zero-order valence-electron chi connectivity index (χ0n) is 11.2. The van der Waals surface area contributed by atoms with Crippen molar-refractivity contribution in [3.8, 4) is 5.75 Å². The van der Waals surface area contributed by atoms with Gasteiger partial charge in [-0.2, -0.15) is 0 Å². The average Bonchev–Trinajstić information content (AvgIpc) is 2.49. The van der Waals surface area contributed by atoms with Gasteiger partial charge in [-0.25, -0.2) is 0 Å². The molecule has 1 heterocycles. The Balaban J connectivity index is 1.73. The molecule has 1 amide bonds. The third-order valence-electron chi connectivity index (χ3n) is 2.60. The molecule has 2 aromatic rings. The van der Waals surface area contributed by atoms with E-state index in [-0.39, 0.29) is 5.91 Å². The van der Waals surface area contributed by atoms with Gasteiger partial charge in [-0.15, -0.1) is 11.8 Å². The zero-order valence-corrected chi connectivity index (χ0v) is 12.0. The zero-order chi connectivity index (χ0) is 14.2.